The number of aromatic nitrogens is 1. The molecule has 0 atom stereocenters. The van der Waals surface area contributed by atoms with Crippen molar-refractivity contribution in [1.29, 1.82) is 0 Å². The van der Waals surface area contributed by atoms with E-state index >= 15 is 0 Å². The van der Waals surface area contributed by atoms with E-state index in [2.05, 4.69) is 0 Å². The van der Waals surface area contributed by atoms with Crippen LogP contribution in [0.5, 0.6) is 0 Å². The zero-order chi connectivity index (χ0) is 32.5. The molecule has 232 valence electrons. The maximum atomic E-state index is 14.3. The Morgan fingerprint density at radius 2 is 1.60 bits per heavy atom. The lowest BCUT2D eigenvalue weighted by Gasteiger charge is -2.24. The maximum absolute atomic E-state index is 14.3. The van der Waals surface area contributed by atoms with Gasteiger partial charge >= 0.3 is 12.1 Å². The largest absolute Gasteiger partial charge is 0.481 e. The van der Waals surface area contributed by atoms with E-state index in [0.29, 0.717) is 28.5 Å². The van der Waals surface area contributed by atoms with E-state index in [1.807, 2.05) is 80.6 Å². The van der Waals surface area contributed by atoms with Crippen molar-refractivity contribution in [2.75, 3.05) is 0 Å². The fourth-order valence-electron chi connectivity index (χ4n) is 5.37. The lowest BCUT2D eigenvalue weighted by atomic mass is 9.83. The summed E-state index contributed by atoms with van der Waals surface area (Å²) in [4.78, 5) is 32.3. The summed E-state index contributed by atoms with van der Waals surface area (Å²) in [7, 11) is 0. The van der Waals surface area contributed by atoms with Crippen LogP contribution >= 0.6 is 0 Å². The fourth-order valence-corrected chi connectivity index (χ4v) is 5.37. The Morgan fingerprint density at radius 3 is 2.24 bits per heavy atom. The first-order chi connectivity index (χ1) is 21.3. The lowest BCUT2D eigenvalue weighted by Crippen LogP contribution is -2.31. The van der Waals surface area contributed by atoms with Crippen LogP contribution in [0.2, 0.25) is 0 Å². The number of halogens is 3. The highest BCUT2D eigenvalue weighted by atomic mass is 19.4. The number of carboxylic acids is 1. The van der Waals surface area contributed by atoms with Gasteiger partial charge < -0.3 is 14.4 Å². The predicted molar refractivity (Wildman–Crippen MR) is 166 cm³/mol. The van der Waals surface area contributed by atoms with Crippen molar-refractivity contribution in [2.45, 2.75) is 58.8 Å². The van der Waals surface area contributed by atoms with Gasteiger partial charge in [-0.2, -0.15) is 13.2 Å². The number of alkyl halides is 3. The number of amides is 1. The molecule has 0 saturated carbocycles. The fraction of sp³-hybridized carbons (Fsp3) is 0.250. The standard InChI is InChI=1S/C36H33F3N2O4/c1-5-29-22(2)32(28-11-6-7-12-30(28)40-29)33(42)41(21-27-17-18-31(45-27)36(37,38)39)20-23-13-15-24(16-14-23)25-9-8-10-26(19-25)35(3,4)34(43)44/h6-19H,5,20-21H2,1-4H3,(H,43,44). The molecule has 45 heavy (non-hydrogen) atoms. The molecule has 1 amide bonds. The topological polar surface area (TPSA) is 83.6 Å². The van der Waals surface area contributed by atoms with Gasteiger partial charge in [0.25, 0.3) is 5.91 Å². The number of carbonyl (C=O) groups is 2. The third-order valence-electron chi connectivity index (χ3n) is 8.14. The first-order valence-corrected chi connectivity index (χ1v) is 14.6. The Balaban J connectivity index is 1.51. The molecular weight excluding hydrogens is 581 g/mol. The third-order valence-corrected chi connectivity index (χ3v) is 8.14. The molecule has 2 aromatic heterocycles. The zero-order valence-corrected chi connectivity index (χ0v) is 25.4. The monoisotopic (exact) mass is 614 g/mol. The van der Waals surface area contributed by atoms with Crippen LogP contribution in [0.15, 0.2) is 89.3 Å². The number of fused-ring (bicyclic) bond motifs is 1. The van der Waals surface area contributed by atoms with Crippen molar-refractivity contribution in [2.24, 2.45) is 0 Å². The second-order valence-electron chi connectivity index (χ2n) is 11.6. The average Bonchev–Trinajstić information content (AvgIpc) is 3.50. The van der Waals surface area contributed by atoms with Crippen LogP contribution in [0.4, 0.5) is 13.2 Å². The van der Waals surface area contributed by atoms with Crippen molar-refractivity contribution in [3.8, 4) is 11.1 Å². The number of aliphatic carboxylic acids is 1. The van der Waals surface area contributed by atoms with Gasteiger partial charge in [0.05, 0.1) is 23.0 Å². The molecule has 1 N–H and O–H groups in total. The van der Waals surface area contributed by atoms with E-state index in [-0.39, 0.29) is 24.8 Å². The van der Waals surface area contributed by atoms with Gasteiger partial charge in [-0.1, -0.05) is 73.7 Å². The molecule has 0 bridgehead atoms. The third kappa shape index (κ3) is 6.48. The number of para-hydroxylation sites is 1. The molecule has 0 unspecified atom stereocenters. The van der Waals surface area contributed by atoms with Crippen LogP contribution in [0.3, 0.4) is 0 Å². The van der Waals surface area contributed by atoms with Gasteiger partial charge in [0.15, 0.2) is 0 Å². The summed E-state index contributed by atoms with van der Waals surface area (Å²) in [5.41, 5.74) is 4.65. The van der Waals surface area contributed by atoms with Crippen molar-refractivity contribution >= 4 is 22.8 Å². The number of benzene rings is 3. The van der Waals surface area contributed by atoms with E-state index in [4.69, 9.17) is 9.40 Å². The molecule has 0 fully saturated rings. The number of rotatable bonds is 9. The summed E-state index contributed by atoms with van der Waals surface area (Å²) in [6, 6.07) is 24.2. The average molecular weight is 615 g/mol. The number of carbonyl (C=O) groups excluding carboxylic acids is 1. The molecule has 3 aromatic carbocycles. The van der Waals surface area contributed by atoms with Gasteiger partial charge in [-0.15, -0.1) is 0 Å². The van der Waals surface area contributed by atoms with Crippen molar-refractivity contribution in [3.05, 3.63) is 124 Å². The quantitative estimate of drug-likeness (QED) is 0.180. The molecule has 5 rings (SSSR count). The number of nitrogens with zero attached hydrogens (tertiary/aromatic N) is 2. The van der Waals surface area contributed by atoms with Crippen LogP contribution in [-0.2, 0) is 35.9 Å². The Kier molecular flexibility index (Phi) is 8.56. The van der Waals surface area contributed by atoms with Crippen molar-refractivity contribution in [3.63, 3.8) is 0 Å². The van der Waals surface area contributed by atoms with Crippen molar-refractivity contribution < 1.29 is 32.3 Å². The number of aryl methyl sites for hydroxylation is 1. The lowest BCUT2D eigenvalue weighted by molar-refractivity contribution is -0.153. The molecule has 0 aliphatic rings. The SMILES string of the molecule is CCc1nc2ccccc2c(C(=O)N(Cc2ccc(-c3cccc(C(C)(C)C(=O)O)c3)cc2)Cc2ccc(C(F)(F)F)o2)c1C. The summed E-state index contributed by atoms with van der Waals surface area (Å²) < 4.78 is 45.1. The zero-order valence-electron chi connectivity index (χ0n) is 25.4. The molecule has 5 aromatic rings. The summed E-state index contributed by atoms with van der Waals surface area (Å²) in [5, 5.41) is 10.3. The van der Waals surface area contributed by atoms with E-state index in [1.165, 1.54) is 11.0 Å². The first kappa shape index (κ1) is 31.5. The highest BCUT2D eigenvalue weighted by Gasteiger charge is 2.35. The minimum Gasteiger partial charge on any atom is -0.481 e. The highest BCUT2D eigenvalue weighted by Crippen LogP contribution is 2.33. The van der Waals surface area contributed by atoms with Crippen LogP contribution in [-0.4, -0.2) is 26.9 Å². The molecular formula is C36H33F3N2O4. The van der Waals surface area contributed by atoms with Gasteiger partial charge in [0.2, 0.25) is 5.76 Å². The smallest absolute Gasteiger partial charge is 0.449 e. The molecule has 9 heteroatoms. The Hall–Kier alpha value is -4.92. The van der Waals surface area contributed by atoms with E-state index in [0.717, 1.165) is 34.0 Å². The summed E-state index contributed by atoms with van der Waals surface area (Å²) in [5.74, 6) is -2.39. The molecule has 0 spiro atoms. The molecule has 6 nitrogen and oxygen atoms in total. The molecule has 0 radical (unpaired) electrons. The van der Waals surface area contributed by atoms with E-state index in [9.17, 15) is 27.9 Å². The number of hydrogen-bond donors (Lipinski definition) is 1. The van der Waals surface area contributed by atoms with Crippen molar-refractivity contribution in [1.82, 2.24) is 9.88 Å². The summed E-state index contributed by atoms with van der Waals surface area (Å²) >= 11 is 0. The normalized spacial score (nSPS) is 12.0. The van der Waals surface area contributed by atoms with Gasteiger partial charge in [-0.3, -0.25) is 14.6 Å². The van der Waals surface area contributed by atoms with Crippen LogP contribution in [0.25, 0.3) is 22.0 Å². The second kappa shape index (κ2) is 12.2. The van der Waals surface area contributed by atoms with Crippen LogP contribution in [0, 0.1) is 6.92 Å². The Labute approximate surface area is 259 Å². The number of furan rings is 1. The van der Waals surface area contributed by atoms with E-state index < -0.39 is 23.3 Å². The molecule has 0 aliphatic heterocycles. The summed E-state index contributed by atoms with van der Waals surface area (Å²) in [6.07, 6.45) is -4.04. The van der Waals surface area contributed by atoms with Gasteiger partial charge in [-0.05, 0) is 73.2 Å². The van der Waals surface area contributed by atoms with Crippen LogP contribution in [0.1, 0.15) is 65.0 Å². The second-order valence-corrected chi connectivity index (χ2v) is 11.6. The van der Waals surface area contributed by atoms with Crippen LogP contribution < -0.4 is 0 Å². The number of pyridine rings is 1. The number of hydrogen-bond acceptors (Lipinski definition) is 4. The Morgan fingerprint density at radius 1 is 0.889 bits per heavy atom. The van der Waals surface area contributed by atoms with E-state index in [1.54, 1.807) is 19.9 Å². The van der Waals surface area contributed by atoms with Gasteiger partial charge in [0, 0.05) is 17.6 Å². The minimum atomic E-state index is -4.65. The number of carboxylic acid groups (broad SMARTS) is 1. The molecule has 0 saturated heterocycles. The summed E-state index contributed by atoms with van der Waals surface area (Å²) in [6.45, 7) is 7.02. The predicted octanol–water partition coefficient (Wildman–Crippen LogP) is 8.59. The van der Waals surface area contributed by atoms with Gasteiger partial charge in [0.1, 0.15) is 5.76 Å². The molecule has 2 heterocycles. The minimum absolute atomic E-state index is 0.0110. The van der Waals surface area contributed by atoms with Gasteiger partial charge in [-0.25, -0.2) is 0 Å². The maximum Gasteiger partial charge on any atom is 0.449 e. The first-order valence-electron chi connectivity index (χ1n) is 14.6. The Bertz CT molecular complexity index is 1870. The molecule has 0 aliphatic carbocycles. The highest BCUT2D eigenvalue weighted by molar-refractivity contribution is 6.07.